The molecule has 0 spiro atoms. The number of fused-ring (bicyclic) bond motifs is 1. The summed E-state index contributed by atoms with van der Waals surface area (Å²) < 4.78 is 15.0. The van der Waals surface area contributed by atoms with Crippen molar-refractivity contribution in [3.63, 3.8) is 0 Å². The minimum atomic E-state index is -0.333. The first-order valence-electron chi connectivity index (χ1n) is 10.9. The summed E-state index contributed by atoms with van der Waals surface area (Å²) in [5.74, 6) is 1.34. The molecule has 3 heterocycles. The normalized spacial score (nSPS) is 13.9. The monoisotopic (exact) mass is 442 g/mol. The van der Waals surface area contributed by atoms with E-state index < -0.39 is 0 Å². The SMILES string of the molecule is C[C@H](Nc1nccc(N2CCCn3c2nc(-c2ccc(F)cc2)cc3=O)n1)c1ccccc1. The average Bonchev–Trinajstić information content (AvgIpc) is 2.85. The topological polar surface area (TPSA) is 75.9 Å². The fraction of sp³-hybridized carbons (Fsp3) is 0.200. The van der Waals surface area contributed by atoms with Crippen LogP contribution in [0.2, 0.25) is 0 Å². The number of aromatic nitrogens is 4. The second-order valence-electron chi connectivity index (χ2n) is 7.96. The van der Waals surface area contributed by atoms with Gasteiger partial charge in [0.2, 0.25) is 11.9 Å². The predicted octanol–water partition coefficient (Wildman–Crippen LogP) is 4.55. The van der Waals surface area contributed by atoms with Crippen LogP contribution in [0.15, 0.2) is 77.7 Å². The lowest BCUT2D eigenvalue weighted by Crippen LogP contribution is -2.36. The summed E-state index contributed by atoms with van der Waals surface area (Å²) in [5.41, 5.74) is 2.17. The van der Waals surface area contributed by atoms with Gasteiger partial charge in [0.25, 0.3) is 5.56 Å². The summed E-state index contributed by atoms with van der Waals surface area (Å²) in [6.07, 6.45) is 2.49. The fourth-order valence-corrected chi connectivity index (χ4v) is 3.97. The molecule has 0 radical (unpaired) electrons. The third-order valence-corrected chi connectivity index (χ3v) is 5.70. The highest BCUT2D eigenvalue weighted by Gasteiger charge is 2.23. The molecule has 8 heteroatoms. The molecule has 5 rings (SSSR count). The molecule has 1 aliphatic rings. The maximum atomic E-state index is 13.4. The van der Waals surface area contributed by atoms with E-state index in [4.69, 9.17) is 9.97 Å². The summed E-state index contributed by atoms with van der Waals surface area (Å²) in [7, 11) is 0. The smallest absolute Gasteiger partial charge is 0.255 e. The van der Waals surface area contributed by atoms with Crippen molar-refractivity contribution in [2.75, 3.05) is 16.8 Å². The van der Waals surface area contributed by atoms with Gasteiger partial charge < -0.3 is 5.32 Å². The third kappa shape index (κ3) is 4.32. The second kappa shape index (κ2) is 8.82. The van der Waals surface area contributed by atoms with E-state index in [1.807, 2.05) is 29.2 Å². The number of rotatable bonds is 5. The van der Waals surface area contributed by atoms with E-state index >= 15 is 0 Å². The van der Waals surface area contributed by atoms with Crippen LogP contribution in [0.4, 0.5) is 22.1 Å². The van der Waals surface area contributed by atoms with E-state index in [2.05, 4.69) is 29.4 Å². The van der Waals surface area contributed by atoms with Crippen LogP contribution in [-0.4, -0.2) is 26.1 Å². The summed E-state index contributed by atoms with van der Waals surface area (Å²) >= 11 is 0. The highest BCUT2D eigenvalue weighted by molar-refractivity contribution is 5.63. The van der Waals surface area contributed by atoms with Gasteiger partial charge in [-0.25, -0.2) is 14.4 Å². The van der Waals surface area contributed by atoms with Gasteiger partial charge in [-0.05, 0) is 49.2 Å². The van der Waals surface area contributed by atoms with Gasteiger partial charge in [-0.2, -0.15) is 4.98 Å². The van der Waals surface area contributed by atoms with Gasteiger partial charge in [0, 0.05) is 30.9 Å². The van der Waals surface area contributed by atoms with Gasteiger partial charge in [0.05, 0.1) is 11.7 Å². The van der Waals surface area contributed by atoms with Crippen LogP contribution < -0.4 is 15.8 Å². The molecule has 0 amide bonds. The van der Waals surface area contributed by atoms with Crippen molar-refractivity contribution in [1.82, 2.24) is 19.5 Å². The predicted molar refractivity (Wildman–Crippen MR) is 126 cm³/mol. The summed E-state index contributed by atoms with van der Waals surface area (Å²) in [6.45, 7) is 3.31. The minimum Gasteiger partial charge on any atom is -0.348 e. The maximum Gasteiger partial charge on any atom is 0.255 e. The Kier molecular flexibility index (Phi) is 5.56. The maximum absolute atomic E-state index is 13.4. The van der Waals surface area contributed by atoms with Crippen LogP contribution in [0.3, 0.4) is 0 Å². The van der Waals surface area contributed by atoms with E-state index in [-0.39, 0.29) is 17.4 Å². The van der Waals surface area contributed by atoms with Crippen molar-refractivity contribution in [3.05, 3.63) is 94.7 Å². The summed E-state index contributed by atoms with van der Waals surface area (Å²) in [5, 5.41) is 3.34. The third-order valence-electron chi connectivity index (χ3n) is 5.70. The van der Waals surface area contributed by atoms with Crippen molar-refractivity contribution in [3.8, 4) is 11.3 Å². The van der Waals surface area contributed by atoms with E-state index in [9.17, 15) is 9.18 Å². The van der Waals surface area contributed by atoms with E-state index in [1.165, 1.54) is 18.2 Å². The molecule has 2 aromatic heterocycles. The van der Waals surface area contributed by atoms with Crippen LogP contribution in [-0.2, 0) is 6.54 Å². The zero-order valence-electron chi connectivity index (χ0n) is 18.1. The Hall–Kier alpha value is -4.07. The van der Waals surface area contributed by atoms with Crippen molar-refractivity contribution < 1.29 is 4.39 Å². The molecule has 0 saturated carbocycles. The van der Waals surface area contributed by atoms with Gasteiger partial charge in [0.15, 0.2) is 0 Å². The number of nitrogens with zero attached hydrogens (tertiary/aromatic N) is 5. The molecule has 0 aliphatic carbocycles. The Morgan fingerprint density at radius 1 is 1.00 bits per heavy atom. The molecular weight excluding hydrogens is 419 g/mol. The Morgan fingerprint density at radius 3 is 2.58 bits per heavy atom. The molecule has 2 aromatic carbocycles. The number of hydrogen-bond acceptors (Lipinski definition) is 6. The fourth-order valence-electron chi connectivity index (χ4n) is 3.97. The lowest BCUT2D eigenvalue weighted by molar-refractivity contribution is 0.561. The number of halogens is 1. The molecule has 4 aromatic rings. The Balaban J connectivity index is 1.48. The minimum absolute atomic E-state index is 0.0286. The van der Waals surface area contributed by atoms with Gasteiger partial charge in [-0.15, -0.1) is 0 Å². The average molecular weight is 442 g/mol. The van der Waals surface area contributed by atoms with Crippen LogP contribution in [0.25, 0.3) is 11.3 Å². The first kappa shape index (κ1) is 20.8. The van der Waals surface area contributed by atoms with Crippen LogP contribution in [0.5, 0.6) is 0 Å². The second-order valence-corrected chi connectivity index (χ2v) is 7.96. The number of hydrogen-bond donors (Lipinski definition) is 1. The Labute approximate surface area is 190 Å². The van der Waals surface area contributed by atoms with Gasteiger partial charge in [-0.3, -0.25) is 14.3 Å². The lowest BCUT2D eigenvalue weighted by Gasteiger charge is -2.30. The first-order chi connectivity index (χ1) is 16.1. The molecular formula is C25H23FN6O. The van der Waals surface area contributed by atoms with Crippen molar-refractivity contribution in [1.29, 1.82) is 0 Å². The summed E-state index contributed by atoms with van der Waals surface area (Å²) in [6, 6.07) is 19.4. The van der Waals surface area contributed by atoms with Crippen molar-refractivity contribution in [2.24, 2.45) is 0 Å². The summed E-state index contributed by atoms with van der Waals surface area (Å²) in [4.78, 5) is 28.6. The standard InChI is InChI=1S/C25H23FN6O/c1-17(18-6-3-2-4-7-18)28-24-27-13-12-22(30-24)31-14-5-15-32-23(33)16-21(29-25(31)32)19-8-10-20(26)11-9-19/h2-4,6-13,16-17H,5,14-15H2,1H3,(H,27,28,30)/t17-/m0/s1. The Bertz CT molecular complexity index is 1320. The van der Waals surface area contributed by atoms with Crippen LogP contribution >= 0.6 is 0 Å². The quantitative estimate of drug-likeness (QED) is 0.489. The highest BCUT2D eigenvalue weighted by atomic mass is 19.1. The van der Waals surface area contributed by atoms with Gasteiger partial charge >= 0.3 is 0 Å². The van der Waals surface area contributed by atoms with E-state index in [1.54, 1.807) is 22.9 Å². The molecule has 0 unspecified atom stereocenters. The van der Waals surface area contributed by atoms with E-state index in [0.29, 0.717) is 42.1 Å². The molecule has 0 bridgehead atoms. The molecule has 1 aliphatic heterocycles. The molecule has 7 nitrogen and oxygen atoms in total. The number of benzene rings is 2. The molecule has 0 fully saturated rings. The first-order valence-corrected chi connectivity index (χ1v) is 10.9. The van der Waals surface area contributed by atoms with Crippen molar-refractivity contribution in [2.45, 2.75) is 25.9 Å². The zero-order valence-corrected chi connectivity index (χ0v) is 18.1. The largest absolute Gasteiger partial charge is 0.348 e. The molecule has 1 atom stereocenters. The highest BCUT2D eigenvalue weighted by Crippen LogP contribution is 2.28. The Morgan fingerprint density at radius 2 is 1.79 bits per heavy atom. The van der Waals surface area contributed by atoms with Crippen LogP contribution in [0.1, 0.15) is 24.9 Å². The van der Waals surface area contributed by atoms with Gasteiger partial charge in [0.1, 0.15) is 11.6 Å². The zero-order chi connectivity index (χ0) is 22.8. The van der Waals surface area contributed by atoms with E-state index in [0.717, 1.165) is 12.0 Å². The molecule has 166 valence electrons. The molecule has 0 saturated heterocycles. The number of anilines is 3. The van der Waals surface area contributed by atoms with Crippen molar-refractivity contribution >= 4 is 17.7 Å². The molecule has 1 N–H and O–H groups in total. The van der Waals surface area contributed by atoms with Gasteiger partial charge in [-0.1, -0.05) is 30.3 Å². The molecule has 33 heavy (non-hydrogen) atoms. The lowest BCUT2D eigenvalue weighted by atomic mass is 10.1. The van der Waals surface area contributed by atoms with Crippen LogP contribution in [0, 0.1) is 5.82 Å². The number of nitrogens with one attached hydrogen (secondary N) is 1.